The molecule has 0 spiro atoms. The van der Waals surface area contributed by atoms with Crippen molar-refractivity contribution < 1.29 is 14.3 Å². The average molecular weight is 319 g/mol. The van der Waals surface area contributed by atoms with E-state index in [-0.39, 0.29) is 12.1 Å². The monoisotopic (exact) mass is 319 g/mol. The van der Waals surface area contributed by atoms with E-state index >= 15 is 0 Å². The van der Waals surface area contributed by atoms with Crippen LogP contribution in [0.4, 0.5) is 10.5 Å². The number of urea groups is 1. The Morgan fingerprint density at radius 2 is 2.04 bits per heavy atom. The van der Waals surface area contributed by atoms with Gasteiger partial charge in [-0.2, -0.15) is 0 Å². The molecule has 23 heavy (non-hydrogen) atoms. The highest BCUT2D eigenvalue weighted by atomic mass is 16.5. The van der Waals surface area contributed by atoms with Gasteiger partial charge in [0.25, 0.3) is 0 Å². The Bertz CT molecular complexity index is 532. The third-order valence-corrected chi connectivity index (χ3v) is 4.62. The van der Waals surface area contributed by atoms with Crippen molar-refractivity contribution in [3.63, 3.8) is 0 Å². The molecule has 2 heterocycles. The van der Waals surface area contributed by atoms with Crippen molar-refractivity contribution in [1.29, 1.82) is 0 Å². The normalized spacial score (nSPS) is 22.7. The zero-order valence-electron chi connectivity index (χ0n) is 13.6. The van der Waals surface area contributed by atoms with Crippen LogP contribution in [0.3, 0.4) is 0 Å². The fourth-order valence-corrected chi connectivity index (χ4v) is 3.38. The number of hydrogen-bond donors (Lipinski definition) is 2. The highest BCUT2D eigenvalue weighted by Crippen LogP contribution is 2.23. The predicted octanol–water partition coefficient (Wildman–Crippen LogP) is 2.07. The minimum atomic E-state index is -0.173. The lowest BCUT2D eigenvalue weighted by atomic mass is 10.1. The van der Waals surface area contributed by atoms with Crippen LogP contribution < -0.4 is 15.4 Å². The van der Waals surface area contributed by atoms with Crippen molar-refractivity contribution in [2.75, 3.05) is 38.7 Å². The van der Waals surface area contributed by atoms with Gasteiger partial charge in [0.2, 0.25) is 0 Å². The second kappa shape index (κ2) is 7.66. The van der Waals surface area contributed by atoms with Gasteiger partial charge < -0.3 is 20.1 Å². The molecular formula is C17H25N3O3. The summed E-state index contributed by atoms with van der Waals surface area (Å²) < 4.78 is 10.7. The number of para-hydroxylation sites is 2. The van der Waals surface area contributed by atoms with E-state index in [2.05, 4.69) is 15.5 Å². The zero-order chi connectivity index (χ0) is 16.1. The summed E-state index contributed by atoms with van der Waals surface area (Å²) in [5.74, 6) is 0.665. The Balaban J connectivity index is 1.49. The molecule has 1 aromatic carbocycles. The third kappa shape index (κ3) is 4.14. The highest BCUT2D eigenvalue weighted by molar-refractivity contribution is 5.91. The minimum Gasteiger partial charge on any atom is -0.495 e. The number of likely N-dealkylation sites (tertiary alicyclic amines) is 1. The van der Waals surface area contributed by atoms with Crippen LogP contribution in [0.5, 0.6) is 5.75 Å². The maximum atomic E-state index is 12.2. The van der Waals surface area contributed by atoms with Gasteiger partial charge >= 0.3 is 6.03 Å². The first-order valence-electron chi connectivity index (χ1n) is 8.28. The minimum absolute atomic E-state index is 0.173. The number of rotatable bonds is 4. The number of carbonyl (C=O) groups excluding carboxylic acids is 1. The number of benzene rings is 1. The fourth-order valence-electron chi connectivity index (χ4n) is 3.38. The molecule has 6 nitrogen and oxygen atoms in total. The lowest BCUT2D eigenvalue weighted by Crippen LogP contribution is -2.43. The maximum Gasteiger partial charge on any atom is 0.319 e. The van der Waals surface area contributed by atoms with Crippen molar-refractivity contribution in [2.24, 2.45) is 0 Å². The Hall–Kier alpha value is -1.79. The third-order valence-electron chi connectivity index (χ3n) is 4.62. The maximum absolute atomic E-state index is 12.2. The number of hydrogen-bond acceptors (Lipinski definition) is 4. The van der Waals surface area contributed by atoms with E-state index in [1.807, 2.05) is 24.3 Å². The van der Waals surface area contributed by atoms with E-state index in [4.69, 9.17) is 9.47 Å². The molecule has 2 saturated heterocycles. The summed E-state index contributed by atoms with van der Waals surface area (Å²) in [7, 11) is 1.60. The van der Waals surface area contributed by atoms with Crippen molar-refractivity contribution in [3.8, 4) is 5.75 Å². The number of amides is 2. The van der Waals surface area contributed by atoms with Crippen molar-refractivity contribution in [1.82, 2.24) is 10.2 Å². The molecule has 2 amide bonds. The fraction of sp³-hybridized carbons (Fsp3) is 0.588. The van der Waals surface area contributed by atoms with E-state index in [0.29, 0.717) is 17.5 Å². The van der Waals surface area contributed by atoms with Crippen molar-refractivity contribution >= 4 is 11.7 Å². The zero-order valence-corrected chi connectivity index (χ0v) is 13.6. The van der Waals surface area contributed by atoms with Crippen LogP contribution in [0.1, 0.15) is 19.3 Å². The highest BCUT2D eigenvalue weighted by Gasteiger charge is 2.30. The van der Waals surface area contributed by atoms with Crippen molar-refractivity contribution in [3.05, 3.63) is 24.3 Å². The molecule has 6 heteroatoms. The summed E-state index contributed by atoms with van der Waals surface area (Å²) in [5, 5.41) is 5.94. The van der Waals surface area contributed by atoms with Crippen LogP contribution in [-0.2, 0) is 4.74 Å². The van der Waals surface area contributed by atoms with Crippen LogP contribution in [0.2, 0.25) is 0 Å². The topological polar surface area (TPSA) is 62.8 Å². The average Bonchev–Trinajstić information content (AvgIpc) is 3.04. The summed E-state index contributed by atoms with van der Waals surface area (Å²) in [6.07, 6.45) is 3.19. The number of nitrogens with zero attached hydrogens (tertiary/aromatic N) is 1. The van der Waals surface area contributed by atoms with Gasteiger partial charge in [0.05, 0.1) is 12.8 Å². The molecule has 1 atom stereocenters. The first kappa shape index (κ1) is 16.1. The van der Waals surface area contributed by atoms with E-state index < -0.39 is 0 Å². The van der Waals surface area contributed by atoms with Gasteiger partial charge in [-0.3, -0.25) is 4.90 Å². The number of anilines is 1. The van der Waals surface area contributed by atoms with Gasteiger partial charge in [-0.05, 0) is 31.4 Å². The summed E-state index contributed by atoms with van der Waals surface area (Å²) >= 11 is 0. The number of methoxy groups -OCH3 is 1. The van der Waals surface area contributed by atoms with Crippen LogP contribution >= 0.6 is 0 Å². The Kier molecular flexibility index (Phi) is 5.35. The number of nitrogens with one attached hydrogen (secondary N) is 2. The van der Waals surface area contributed by atoms with Crippen LogP contribution in [0, 0.1) is 0 Å². The van der Waals surface area contributed by atoms with Gasteiger partial charge in [-0.15, -0.1) is 0 Å². The van der Waals surface area contributed by atoms with Gasteiger partial charge in [-0.25, -0.2) is 4.79 Å². The molecule has 0 aromatic heterocycles. The summed E-state index contributed by atoms with van der Waals surface area (Å²) in [5.41, 5.74) is 0.687. The molecule has 2 aliphatic heterocycles. The molecule has 3 rings (SSSR count). The first-order chi connectivity index (χ1) is 11.3. The molecule has 126 valence electrons. The van der Waals surface area contributed by atoms with E-state index in [1.54, 1.807) is 7.11 Å². The van der Waals surface area contributed by atoms with E-state index in [1.165, 1.54) is 0 Å². The van der Waals surface area contributed by atoms with Gasteiger partial charge in [-0.1, -0.05) is 12.1 Å². The molecule has 2 N–H and O–H groups in total. The van der Waals surface area contributed by atoms with Gasteiger partial charge in [0, 0.05) is 38.4 Å². The quantitative estimate of drug-likeness (QED) is 0.892. The first-order valence-corrected chi connectivity index (χ1v) is 8.28. The van der Waals surface area contributed by atoms with Crippen LogP contribution in [-0.4, -0.2) is 56.4 Å². The molecule has 0 saturated carbocycles. The second-order valence-corrected chi connectivity index (χ2v) is 6.12. The molecule has 0 radical (unpaired) electrons. The Labute approximate surface area is 137 Å². The molecule has 1 unspecified atom stereocenters. The number of carbonyl (C=O) groups is 1. The van der Waals surface area contributed by atoms with Crippen LogP contribution in [0.15, 0.2) is 24.3 Å². The van der Waals surface area contributed by atoms with Crippen molar-refractivity contribution in [2.45, 2.75) is 31.3 Å². The molecular weight excluding hydrogens is 294 g/mol. The number of ether oxygens (including phenoxy) is 2. The summed E-state index contributed by atoms with van der Waals surface area (Å²) in [6.45, 7) is 3.68. The Morgan fingerprint density at radius 3 is 2.83 bits per heavy atom. The molecule has 1 aromatic rings. The molecule has 2 aliphatic rings. The lowest BCUT2D eigenvalue weighted by molar-refractivity contribution is 0.0418. The summed E-state index contributed by atoms with van der Waals surface area (Å²) in [4.78, 5) is 14.7. The molecule has 2 fully saturated rings. The standard InChI is InChI=1S/C17H25N3O3/c1-22-16-5-3-2-4-15(16)19-17(21)18-13-6-9-20(12-13)14-7-10-23-11-8-14/h2-5,13-14H,6-12H2,1H3,(H2,18,19,21). The smallest absolute Gasteiger partial charge is 0.319 e. The molecule has 0 bridgehead atoms. The largest absolute Gasteiger partial charge is 0.495 e. The summed E-state index contributed by atoms with van der Waals surface area (Å²) in [6, 6.07) is 8.05. The second-order valence-electron chi connectivity index (χ2n) is 6.12. The lowest BCUT2D eigenvalue weighted by Gasteiger charge is -2.31. The Morgan fingerprint density at radius 1 is 1.26 bits per heavy atom. The van der Waals surface area contributed by atoms with Gasteiger partial charge in [0.15, 0.2) is 0 Å². The van der Waals surface area contributed by atoms with Crippen LogP contribution in [0.25, 0.3) is 0 Å². The van der Waals surface area contributed by atoms with E-state index in [9.17, 15) is 4.79 Å². The van der Waals surface area contributed by atoms with Gasteiger partial charge in [0.1, 0.15) is 5.75 Å². The van der Waals surface area contributed by atoms with E-state index in [0.717, 1.165) is 45.6 Å². The molecule has 0 aliphatic carbocycles. The predicted molar refractivity (Wildman–Crippen MR) is 89.0 cm³/mol. The SMILES string of the molecule is COc1ccccc1NC(=O)NC1CCN(C2CCOCC2)C1.